The lowest BCUT2D eigenvalue weighted by atomic mass is 10.2. The summed E-state index contributed by atoms with van der Waals surface area (Å²) < 4.78 is 0. The van der Waals surface area contributed by atoms with Gasteiger partial charge >= 0.3 is 0 Å². The van der Waals surface area contributed by atoms with Crippen LogP contribution in [0.2, 0.25) is 0 Å². The van der Waals surface area contributed by atoms with Gasteiger partial charge in [-0.05, 0) is 32.2 Å². The molecule has 0 fully saturated rings. The van der Waals surface area contributed by atoms with Crippen LogP contribution in [0.25, 0.3) is 10.9 Å². The lowest BCUT2D eigenvalue weighted by Gasteiger charge is -1.94. The van der Waals surface area contributed by atoms with Crippen molar-refractivity contribution >= 4 is 16.7 Å². The lowest BCUT2D eigenvalue weighted by Crippen LogP contribution is -2.18. The van der Waals surface area contributed by atoms with Gasteiger partial charge in [0.2, 0.25) is 0 Å². The molecule has 0 unspecified atom stereocenters. The fourth-order valence-corrected chi connectivity index (χ4v) is 1.66. The third kappa shape index (κ3) is 1.92. The Hall–Kier alpha value is -1.61. The minimum atomic E-state index is 0.0892. The minimum absolute atomic E-state index is 0.0892. The number of aromatic amines is 1. The first-order valence-corrected chi connectivity index (χ1v) is 4.98. The van der Waals surface area contributed by atoms with E-state index in [1.165, 1.54) is 5.56 Å². The number of carbonyl (C=O) groups excluding carboxylic acids is 1. The van der Waals surface area contributed by atoms with E-state index in [0.29, 0.717) is 12.2 Å². The molecular weight excluding hydrogens is 188 g/mol. The Morgan fingerprint density at radius 2 is 2.20 bits per heavy atom. The number of ketones is 1. The molecule has 0 amide bonds. The van der Waals surface area contributed by atoms with Crippen LogP contribution in [0.1, 0.15) is 16.1 Å². The lowest BCUT2D eigenvalue weighted by molar-refractivity contribution is 0.0989. The van der Waals surface area contributed by atoms with Gasteiger partial charge in [0.25, 0.3) is 0 Å². The van der Waals surface area contributed by atoms with Gasteiger partial charge in [-0.2, -0.15) is 0 Å². The Labute approximate surface area is 88.5 Å². The Morgan fingerprint density at radius 1 is 1.40 bits per heavy atom. The average Bonchev–Trinajstić information content (AvgIpc) is 2.60. The van der Waals surface area contributed by atoms with E-state index >= 15 is 0 Å². The summed E-state index contributed by atoms with van der Waals surface area (Å²) >= 11 is 0. The van der Waals surface area contributed by atoms with Crippen molar-refractivity contribution in [2.24, 2.45) is 0 Å². The average molecular weight is 202 g/mol. The number of likely N-dealkylation sites (N-methyl/N-ethyl adjacent to an activating group) is 1. The van der Waals surface area contributed by atoms with Crippen LogP contribution in [0.5, 0.6) is 0 Å². The molecule has 0 spiro atoms. The molecule has 3 nitrogen and oxygen atoms in total. The van der Waals surface area contributed by atoms with Crippen molar-refractivity contribution in [2.45, 2.75) is 6.92 Å². The van der Waals surface area contributed by atoms with Crippen LogP contribution in [0.4, 0.5) is 0 Å². The second-order valence-corrected chi connectivity index (χ2v) is 3.73. The van der Waals surface area contributed by atoms with Gasteiger partial charge < -0.3 is 10.3 Å². The molecule has 15 heavy (non-hydrogen) atoms. The Kier molecular flexibility index (Phi) is 2.56. The van der Waals surface area contributed by atoms with Gasteiger partial charge in [-0.15, -0.1) is 0 Å². The molecule has 1 aromatic carbocycles. The number of nitrogens with one attached hydrogen (secondary N) is 2. The molecule has 0 aliphatic carbocycles. The van der Waals surface area contributed by atoms with Crippen molar-refractivity contribution < 1.29 is 4.79 Å². The first kappa shape index (κ1) is 9.93. The van der Waals surface area contributed by atoms with Gasteiger partial charge in [0.15, 0.2) is 5.78 Å². The number of H-pyrrole nitrogens is 1. The van der Waals surface area contributed by atoms with Crippen molar-refractivity contribution in [2.75, 3.05) is 13.6 Å². The summed E-state index contributed by atoms with van der Waals surface area (Å²) in [6.07, 6.45) is 0. The third-order valence-electron chi connectivity index (χ3n) is 2.41. The van der Waals surface area contributed by atoms with Gasteiger partial charge in [-0.3, -0.25) is 4.79 Å². The van der Waals surface area contributed by atoms with E-state index in [9.17, 15) is 4.79 Å². The molecule has 78 valence electrons. The molecule has 1 aromatic heterocycles. The summed E-state index contributed by atoms with van der Waals surface area (Å²) in [4.78, 5) is 14.7. The minimum Gasteiger partial charge on any atom is -0.352 e. The number of hydrogen-bond acceptors (Lipinski definition) is 2. The van der Waals surface area contributed by atoms with E-state index in [-0.39, 0.29) is 5.78 Å². The van der Waals surface area contributed by atoms with E-state index in [1.807, 2.05) is 25.1 Å². The number of hydrogen-bond donors (Lipinski definition) is 2. The summed E-state index contributed by atoms with van der Waals surface area (Å²) in [5.41, 5.74) is 2.89. The van der Waals surface area contributed by atoms with Crippen LogP contribution in [-0.2, 0) is 0 Å². The van der Waals surface area contributed by atoms with Crippen LogP contribution in [0.15, 0.2) is 24.3 Å². The van der Waals surface area contributed by atoms with Crippen LogP contribution >= 0.6 is 0 Å². The molecule has 0 saturated carbocycles. The van der Waals surface area contributed by atoms with Gasteiger partial charge in [-0.25, -0.2) is 0 Å². The number of aryl methyl sites for hydroxylation is 1. The zero-order chi connectivity index (χ0) is 10.8. The van der Waals surface area contributed by atoms with Gasteiger partial charge in [0.05, 0.1) is 12.2 Å². The van der Waals surface area contributed by atoms with Crippen molar-refractivity contribution in [3.63, 3.8) is 0 Å². The monoisotopic (exact) mass is 202 g/mol. The van der Waals surface area contributed by atoms with E-state index in [0.717, 1.165) is 10.9 Å². The van der Waals surface area contributed by atoms with Crippen molar-refractivity contribution in [3.05, 3.63) is 35.5 Å². The number of carbonyl (C=O) groups is 1. The third-order valence-corrected chi connectivity index (χ3v) is 2.41. The summed E-state index contributed by atoms with van der Waals surface area (Å²) in [6.45, 7) is 2.41. The second kappa shape index (κ2) is 3.87. The normalized spacial score (nSPS) is 10.8. The maximum atomic E-state index is 11.6. The molecule has 0 aliphatic rings. The summed E-state index contributed by atoms with van der Waals surface area (Å²) in [7, 11) is 1.77. The number of rotatable bonds is 3. The van der Waals surface area contributed by atoms with Crippen molar-refractivity contribution in [1.29, 1.82) is 0 Å². The smallest absolute Gasteiger partial charge is 0.192 e. The number of benzene rings is 1. The molecule has 0 aliphatic heterocycles. The highest BCUT2D eigenvalue weighted by Gasteiger charge is 2.07. The first-order valence-electron chi connectivity index (χ1n) is 4.98. The highest BCUT2D eigenvalue weighted by atomic mass is 16.1. The molecular formula is C12H14N2O. The Bertz CT molecular complexity index is 499. The standard InChI is InChI=1S/C12H14N2O/c1-8-3-4-10-9(5-8)6-11(14-10)12(15)7-13-2/h3-6,13-14H,7H2,1-2H3. The Morgan fingerprint density at radius 3 is 2.93 bits per heavy atom. The zero-order valence-corrected chi connectivity index (χ0v) is 8.92. The maximum Gasteiger partial charge on any atom is 0.192 e. The van der Waals surface area contributed by atoms with Crippen molar-refractivity contribution in [1.82, 2.24) is 10.3 Å². The molecule has 2 aromatic rings. The van der Waals surface area contributed by atoms with E-state index in [1.54, 1.807) is 7.05 Å². The molecule has 0 radical (unpaired) electrons. The SMILES string of the molecule is CNCC(=O)c1cc2cc(C)ccc2[nH]1. The number of fused-ring (bicyclic) bond motifs is 1. The van der Waals surface area contributed by atoms with E-state index in [2.05, 4.69) is 16.4 Å². The highest BCUT2D eigenvalue weighted by molar-refractivity contribution is 6.00. The van der Waals surface area contributed by atoms with Crippen LogP contribution < -0.4 is 5.32 Å². The molecule has 2 rings (SSSR count). The second-order valence-electron chi connectivity index (χ2n) is 3.73. The van der Waals surface area contributed by atoms with Gasteiger partial charge in [0, 0.05) is 10.9 Å². The number of Topliss-reactive ketones (excluding diaryl/α,β-unsaturated/α-hetero) is 1. The van der Waals surface area contributed by atoms with E-state index < -0.39 is 0 Å². The van der Waals surface area contributed by atoms with Gasteiger partial charge in [0.1, 0.15) is 0 Å². The highest BCUT2D eigenvalue weighted by Crippen LogP contribution is 2.16. The fourth-order valence-electron chi connectivity index (χ4n) is 1.66. The summed E-state index contributed by atoms with van der Waals surface area (Å²) in [6, 6.07) is 8.01. The topological polar surface area (TPSA) is 44.9 Å². The molecule has 1 heterocycles. The molecule has 3 heteroatoms. The summed E-state index contributed by atoms with van der Waals surface area (Å²) in [5.74, 6) is 0.0892. The van der Waals surface area contributed by atoms with Crippen molar-refractivity contribution in [3.8, 4) is 0 Å². The summed E-state index contributed by atoms with van der Waals surface area (Å²) in [5, 5.41) is 3.94. The predicted molar refractivity (Wildman–Crippen MR) is 61.3 cm³/mol. The molecule has 0 saturated heterocycles. The van der Waals surface area contributed by atoms with Gasteiger partial charge in [-0.1, -0.05) is 11.6 Å². The first-order chi connectivity index (χ1) is 7.20. The van der Waals surface area contributed by atoms with Crippen LogP contribution in [0, 0.1) is 6.92 Å². The maximum absolute atomic E-state index is 11.6. The Balaban J connectivity index is 2.42. The molecule has 2 N–H and O–H groups in total. The van der Waals surface area contributed by atoms with Crippen LogP contribution in [-0.4, -0.2) is 24.4 Å². The molecule has 0 atom stereocenters. The van der Waals surface area contributed by atoms with E-state index in [4.69, 9.17) is 0 Å². The van der Waals surface area contributed by atoms with Crippen LogP contribution in [0.3, 0.4) is 0 Å². The quantitative estimate of drug-likeness (QED) is 0.746. The number of aromatic nitrogens is 1. The predicted octanol–water partition coefficient (Wildman–Crippen LogP) is 1.88. The zero-order valence-electron chi connectivity index (χ0n) is 8.92. The fraction of sp³-hybridized carbons (Fsp3) is 0.250. The molecule has 0 bridgehead atoms. The largest absolute Gasteiger partial charge is 0.352 e.